The van der Waals surface area contributed by atoms with E-state index in [-0.39, 0.29) is 5.54 Å². The molecule has 3 aliphatic heterocycles. The number of nitrogens with zero attached hydrogens (tertiary/aromatic N) is 5. The average molecular weight is 382 g/mol. The predicted octanol–water partition coefficient (Wildman–Crippen LogP) is 1.50. The van der Waals surface area contributed by atoms with Gasteiger partial charge in [0.1, 0.15) is 17.5 Å². The topological polar surface area (TPSA) is 89.6 Å². The number of pyridine rings is 1. The highest BCUT2D eigenvalue weighted by Crippen LogP contribution is 2.41. The van der Waals surface area contributed by atoms with E-state index in [1.54, 1.807) is 12.3 Å². The van der Waals surface area contributed by atoms with Gasteiger partial charge in [-0.25, -0.2) is 15.0 Å². The molecule has 2 fully saturated rings. The Morgan fingerprint density at radius 1 is 1.11 bits per heavy atom. The van der Waals surface area contributed by atoms with Crippen LogP contribution in [0.4, 0.5) is 17.5 Å². The van der Waals surface area contributed by atoms with Crippen LogP contribution in [0.1, 0.15) is 19.4 Å². The monoisotopic (exact) mass is 382 g/mol. The molecule has 0 amide bonds. The lowest BCUT2D eigenvalue weighted by Gasteiger charge is -2.43. The van der Waals surface area contributed by atoms with Crippen molar-refractivity contribution < 1.29 is 9.47 Å². The second-order valence-electron chi connectivity index (χ2n) is 8.29. The molecule has 2 aromatic rings. The maximum absolute atomic E-state index is 5.77. The molecular weight excluding hydrogens is 356 g/mol. The van der Waals surface area contributed by atoms with Crippen molar-refractivity contribution in [2.75, 3.05) is 55.1 Å². The number of morpholine rings is 2. The summed E-state index contributed by atoms with van der Waals surface area (Å²) in [6, 6.07) is 4.06. The van der Waals surface area contributed by atoms with Crippen LogP contribution in [-0.4, -0.2) is 66.0 Å². The standard InChI is InChI=1S/C20H26N6O2/c1-20(2)12-28-8-6-26(20)19-15-9-14-11-27-7-5-25(14)18(15)23-17(24-19)13-3-4-16(21)22-10-13/h3-4,10,14H,5-9,11-12H2,1-2H3,(H2,21,22)/t14-/m1/s1. The van der Waals surface area contributed by atoms with E-state index in [1.807, 2.05) is 6.07 Å². The zero-order valence-electron chi connectivity index (χ0n) is 16.4. The van der Waals surface area contributed by atoms with Crippen molar-refractivity contribution in [1.29, 1.82) is 0 Å². The Balaban J connectivity index is 1.66. The zero-order valence-corrected chi connectivity index (χ0v) is 16.4. The van der Waals surface area contributed by atoms with E-state index in [9.17, 15) is 0 Å². The average Bonchev–Trinajstić information content (AvgIpc) is 3.06. The van der Waals surface area contributed by atoms with Crippen LogP contribution in [0.25, 0.3) is 11.4 Å². The van der Waals surface area contributed by atoms with Gasteiger partial charge in [-0.05, 0) is 26.0 Å². The zero-order chi connectivity index (χ0) is 19.3. The smallest absolute Gasteiger partial charge is 0.165 e. The Kier molecular flexibility index (Phi) is 4.13. The third-order valence-corrected chi connectivity index (χ3v) is 5.85. The highest BCUT2D eigenvalue weighted by Gasteiger charge is 2.40. The molecule has 1 atom stereocenters. The van der Waals surface area contributed by atoms with Crippen molar-refractivity contribution >= 4 is 17.5 Å². The highest BCUT2D eigenvalue weighted by atomic mass is 16.5. The predicted molar refractivity (Wildman–Crippen MR) is 108 cm³/mol. The lowest BCUT2D eigenvalue weighted by Crippen LogP contribution is -2.53. The third kappa shape index (κ3) is 2.87. The van der Waals surface area contributed by atoms with E-state index in [0.29, 0.717) is 30.9 Å². The van der Waals surface area contributed by atoms with Crippen molar-refractivity contribution in [1.82, 2.24) is 15.0 Å². The van der Waals surface area contributed by atoms with Gasteiger partial charge in [-0.1, -0.05) is 0 Å². The summed E-state index contributed by atoms with van der Waals surface area (Å²) in [5, 5.41) is 0. The first-order valence-electron chi connectivity index (χ1n) is 9.85. The molecule has 2 aromatic heterocycles. The number of anilines is 3. The van der Waals surface area contributed by atoms with E-state index in [1.165, 1.54) is 5.56 Å². The molecule has 0 radical (unpaired) electrons. The summed E-state index contributed by atoms with van der Waals surface area (Å²) < 4.78 is 11.5. The maximum Gasteiger partial charge on any atom is 0.165 e. The first kappa shape index (κ1) is 17.6. The Morgan fingerprint density at radius 3 is 2.71 bits per heavy atom. The van der Waals surface area contributed by atoms with Gasteiger partial charge < -0.3 is 25.0 Å². The van der Waals surface area contributed by atoms with Crippen molar-refractivity contribution in [2.45, 2.75) is 31.8 Å². The van der Waals surface area contributed by atoms with Crippen LogP contribution in [0.5, 0.6) is 0 Å². The number of nitrogens with two attached hydrogens (primary N) is 1. The molecule has 8 heteroatoms. The number of hydrogen-bond acceptors (Lipinski definition) is 8. The van der Waals surface area contributed by atoms with E-state index < -0.39 is 0 Å². The summed E-state index contributed by atoms with van der Waals surface area (Å²) in [7, 11) is 0. The molecule has 0 saturated carbocycles. The largest absolute Gasteiger partial charge is 0.384 e. The number of rotatable bonds is 2. The van der Waals surface area contributed by atoms with Crippen LogP contribution in [0.15, 0.2) is 18.3 Å². The fraction of sp³-hybridized carbons (Fsp3) is 0.550. The molecule has 0 aliphatic carbocycles. The van der Waals surface area contributed by atoms with Crippen LogP contribution in [0.2, 0.25) is 0 Å². The van der Waals surface area contributed by atoms with Gasteiger partial charge in [0.05, 0.1) is 38.0 Å². The second kappa shape index (κ2) is 6.56. The molecular formula is C20H26N6O2. The molecule has 5 rings (SSSR count). The highest BCUT2D eigenvalue weighted by molar-refractivity contribution is 5.71. The molecule has 0 unspecified atom stereocenters. The van der Waals surface area contributed by atoms with E-state index in [0.717, 1.165) is 49.9 Å². The molecule has 2 saturated heterocycles. The SMILES string of the molecule is CC1(C)COCCN1c1nc(-c2ccc(N)nc2)nc2c1C[C@@H]1COCCN21. The summed E-state index contributed by atoms with van der Waals surface area (Å²) in [5.41, 5.74) is 7.74. The van der Waals surface area contributed by atoms with Crippen LogP contribution in [0, 0.1) is 0 Å². The molecule has 0 bridgehead atoms. The molecule has 8 nitrogen and oxygen atoms in total. The van der Waals surface area contributed by atoms with Gasteiger partial charge in [0.2, 0.25) is 0 Å². The lowest BCUT2D eigenvalue weighted by atomic mass is 10.0. The number of nitrogen functional groups attached to an aromatic ring is 1. The molecule has 2 N–H and O–H groups in total. The van der Waals surface area contributed by atoms with Crippen molar-refractivity contribution in [2.24, 2.45) is 0 Å². The Bertz CT molecular complexity index is 885. The van der Waals surface area contributed by atoms with Crippen LogP contribution >= 0.6 is 0 Å². The van der Waals surface area contributed by atoms with Crippen LogP contribution in [-0.2, 0) is 15.9 Å². The van der Waals surface area contributed by atoms with Gasteiger partial charge >= 0.3 is 0 Å². The minimum atomic E-state index is -0.128. The van der Waals surface area contributed by atoms with Crippen molar-refractivity contribution in [3.05, 3.63) is 23.9 Å². The van der Waals surface area contributed by atoms with E-state index in [2.05, 4.69) is 28.6 Å². The van der Waals surface area contributed by atoms with Crippen molar-refractivity contribution in [3.63, 3.8) is 0 Å². The van der Waals surface area contributed by atoms with Gasteiger partial charge in [0, 0.05) is 36.8 Å². The second-order valence-corrected chi connectivity index (χ2v) is 8.29. The molecule has 0 spiro atoms. The maximum atomic E-state index is 5.77. The number of fused-ring (bicyclic) bond motifs is 3. The first-order valence-corrected chi connectivity index (χ1v) is 9.85. The van der Waals surface area contributed by atoms with Gasteiger partial charge in [-0.2, -0.15) is 0 Å². The summed E-state index contributed by atoms with van der Waals surface area (Å²) >= 11 is 0. The number of aromatic nitrogens is 3. The lowest BCUT2D eigenvalue weighted by molar-refractivity contribution is 0.0638. The number of hydrogen-bond donors (Lipinski definition) is 1. The van der Waals surface area contributed by atoms with Gasteiger partial charge in [0.25, 0.3) is 0 Å². The summed E-state index contributed by atoms with van der Waals surface area (Å²) in [4.78, 5) is 19.0. The van der Waals surface area contributed by atoms with Crippen molar-refractivity contribution in [3.8, 4) is 11.4 Å². The summed E-state index contributed by atoms with van der Waals surface area (Å²) in [6.45, 7) is 8.94. The molecule has 148 valence electrons. The quantitative estimate of drug-likeness (QED) is 0.836. The van der Waals surface area contributed by atoms with Gasteiger partial charge in [0.15, 0.2) is 5.82 Å². The van der Waals surface area contributed by atoms with Crippen LogP contribution < -0.4 is 15.5 Å². The third-order valence-electron chi connectivity index (χ3n) is 5.85. The minimum Gasteiger partial charge on any atom is -0.384 e. The fourth-order valence-corrected chi connectivity index (χ4v) is 4.36. The Morgan fingerprint density at radius 2 is 1.93 bits per heavy atom. The Hall–Kier alpha value is -2.45. The van der Waals surface area contributed by atoms with Crippen LogP contribution in [0.3, 0.4) is 0 Å². The van der Waals surface area contributed by atoms with E-state index >= 15 is 0 Å². The van der Waals surface area contributed by atoms with Gasteiger partial charge in [-0.3, -0.25) is 0 Å². The van der Waals surface area contributed by atoms with Gasteiger partial charge in [-0.15, -0.1) is 0 Å². The normalized spacial score (nSPS) is 23.4. The minimum absolute atomic E-state index is 0.128. The molecule has 3 aliphatic rings. The van der Waals surface area contributed by atoms with E-state index in [4.69, 9.17) is 25.2 Å². The molecule has 0 aromatic carbocycles. The summed E-state index contributed by atoms with van der Waals surface area (Å²) in [5.74, 6) is 3.23. The first-order chi connectivity index (χ1) is 13.5. The number of ether oxygens (including phenoxy) is 2. The molecule has 28 heavy (non-hydrogen) atoms. The fourth-order valence-electron chi connectivity index (χ4n) is 4.36. The Labute approximate surface area is 164 Å². The summed E-state index contributed by atoms with van der Waals surface area (Å²) in [6.07, 6.45) is 2.66. The molecule has 5 heterocycles.